The molecule has 0 aliphatic heterocycles. The van der Waals surface area contributed by atoms with E-state index in [-0.39, 0.29) is 18.5 Å². The van der Waals surface area contributed by atoms with E-state index in [9.17, 15) is 19.8 Å². The predicted molar refractivity (Wildman–Crippen MR) is 310 cm³/mol. The van der Waals surface area contributed by atoms with E-state index in [0.29, 0.717) is 25.9 Å². The van der Waals surface area contributed by atoms with Gasteiger partial charge in [0.1, 0.15) is 0 Å². The molecule has 0 aromatic heterocycles. The SMILES string of the molecule is CCCC/C=C\C/C=C\CCCCCCCC(=O)OCCCCCCCCCCCCCC/C=C\CCCCCCCCCCCCC(=O)NC(CO)C(O)CCCCCCCCCCCCCCCC. The number of hydrogen-bond donors (Lipinski definition) is 3. The Hall–Kier alpha value is -1.92. The molecule has 1 amide bonds. The molecular formula is C65H123NO5. The fourth-order valence-electron chi connectivity index (χ4n) is 9.77. The van der Waals surface area contributed by atoms with Gasteiger partial charge in [0.2, 0.25) is 5.91 Å². The molecule has 0 rings (SSSR count). The lowest BCUT2D eigenvalue weighted by Gasteiger charge is -2.22. The third-order valence-corrected chi connectivity index (χ3v) is 14.7. The second-order valence-electron chi connectivity index (χ2n) is 21.7. The topological polar surface area (TPSA) is 95.9 Å². The van der Waals surface area contributed by atoms with Crippen molar-refractivity contribution in [2.45, 2.75) is 353 Å². The van der Waals surface area contributed by atoms with Gasteiger partial charge in [-0.15, -0.1) is 0 Å². The predicted octanol–water partition coefficient (Wildman–Crippen LogP) is 20.0. The van der Waals surface area contributed by atoms with Gasteiger partial charge in [-0.3, -0.25) is 9.59 Å². The number of nitrogens with one attached hydrogen (secondary N) is 1. The Kier molecular flexibility index (Phi) is 59.0. The van der Waals surface area contributed by atoms with Crippen molar-refractivity contribution >= 4 is 11.9 Å². The van der Waals surface area contributed by atoms with Gasteiger partial charge in [-0.1, -0.05) is 288 Å². The molecule has 418 valence electrons. The molecule has 2 unspecified atom stereocenters. The first kappa shape index (κ1) is 69.1. The van der Waals surface area contributed by atoms with E-state index in [2.05, 4.69) is 55.6 Å². The lowest BCUT2D eigenvalue weighted by Crippen LogP contribution is -2.45. The monoisotopic (exact) mass is 998 g/mol. The average Bonchev–Trinajstić information content (AvgIpc) is 3.37. The number of amides is 1. The number of carbonyl (C=O) groups excluding carboxylic acids is 2. The standard InChI is InChI=1S/C65H123NO5/c1-3-5-7-9-11-13-15-17-33-37-41-45-49-53-57-63(68)62(61-67)66-64(69)58-54-50-46-42-38-34-31-29-27-25-23-21-19-20-22-24-26-28-30-32-36-40-44-48-52-56-60-71-65(70)59-55-51-47-43-39-35-18-16-14-12-10-8-6-4-2/h10,12,16,18-19,21,62-63,67-68H,3-9,11,13-15,17,20,22-61H2,1-2H3,(H,66,69)/b12-10-,18-16-,21-19-. The van der Waals surface area contributed by atoms with E-state index >= 15 is 0 Å². The molecule has 0 saturated heterocycles. The second-order valence-corrected chi connectivity index (χ2v) is 21.7. The van der Waals surface area contributed by atoms with E-state index < -0.39 is 12.1 Å². The maximum absolute atomic E-state index is 12.5. The average molecular weight is 999 g/mol. The van der Waals surface area contributed by atoms with Crippen molar-refractivity contribution in [2.75, 3.05) is 13.2 Å². The molecule has 6 heteroatoms. The van der Waals surface area contributed by atoms with Gasteiger partial charge in [0.05, 0.1) is 25.4 Å². The minimum absolute atomic E-state index is 0.000309. The Morgan fingerprint density at radius 1 is 0.394 bits per heavy atom. The van der Waals surface area contributed by atoms with Gasteiger partial charge in [0, 0.05) is 12.8 Å². The highest BCUT2D eigenvalue weighted by Crippen LogP contribution is 2.17. The Morgan fingerprint density at radius 2 is 0.718 bits per heavy atom. The molecule has 0 fully saturated rings. The summed E-state index contributed by atoms with van der Waals surface area (Å²) in [6.45, 7) is 4.92. The van der Waals surface area contributed by atoms with Crippen molar-refractivity contribution in [1.29, 1.82) is 0 Å². The maximum Gasteiger partial charge on any atom is 0.305 e. The molecular weight excluding hydrogens is 875 g/mol. The quantitative estimate of drug-likeness (QED) is 0.0321. The zero-order chi connectivity index (χ0) is 51.4. The minimum atomic E-state index is -0.665. The molecule has 0 aliphatic carbocycles. The Labute approximate surface area is 443 Å². The number of hydrogen-bond acceptors (Lipinski definition) is 5. The summed E-state index contributed by atoms with van der Waals surface area (Å²) in [4.78, 5) is 24.5. The molecule has 0 aromatic rings. The fourth-order valence-corrected chi connectivity index (χ4v) is 9.77. The molecule has 0 bridgehead atoms. The summed E-state index contributed by atoms with van der Waals surface area (Å²) in [6.07, 6.45) is 75.9. The molecule has 2 atom stereocenters. The lowest BCUT2D eigenvalue weighted by molar-refractivity contribution is -0.143. The Morgan fingerprint density at radius 3 is 1.13 bits per heavy atom. The number of allylic oxidation sites excluding steroid dienone is 6. The van der Waals surface area contributed by atoms with E-state index in [1.54, 1.807) is 0 Å². The fraction of sp³-hybridized carbons (Fsp3) is 0.877. The van der Waals surface area contributed by atoms with Gasteiger partial charge in [0.15, 0.2) is 0 Å². The van der Waals surface area contributed by atoms with Crippen molar-refractivity contribution in [3.05, 3.63) is 36.5 Å². The lowest BCUT2D eigenvalue weighted by atomic mass is 10.0. The number of unbranched alkanes of at least 4 members (excludes halogenated alkanes) is 42. The van der Waals surface area contributed by atoms with Crippen LogP contribution in [0.3, 0.4) is 0 Å². The van der Waals surface area contributed by atoms with Gasteiger partial charge < -0.3 is 20.3 Å². The van der Waals surface area contributed by atoms with E-state index in [1.807, 2.05) is 0 Å². The third kappa shape index (κ3) is 57.2. The molecule has 0 heterocycles. The zero-order valence-electron chi connectivity index (χ0n) is 47.7. The summed E-state index contributed by atoms with van der Waals surface area (Å²) in [5.41, 5.74) is 0. The van der Waals surface area contributed by atoms with Crippen LogP contribution in [0.2, 0.25) is 0 Å². The highest BCUT2D eigenvalue weighted by molar-refractivity contribution is 5.76. The summed E-state index contributed by atoms with van der Waals surface area (Å²) >= 11 is 0. The number of aliphatic hydroxyl groups excluding tert-OH is 2. The molecule has 71 heavy (non-hydrogen) atoms. The van der Waals surface area contributed by atoms with Crippen LogP contribution in [-0.4, -0.2) is 47.4 Å². The van der Waals surface area contributed by atoms with E-state index in [1.165, 1.54) is 257 Å². The third-order valence-electron chi connectivity index (χ3n) is 14.7. The number of rotatable bonds is 59. The van der Waals surface area contributed by atoms with E-state index in [0.717, 1.165) is 51.4 Å². The summed E-state index contributed by atoms with van der Waals surface area (Å²) < 4.78 is 5.47. The molecule has 0 radical (unpaired) electrons. The van der Waals surface area contributed by atoms with Crippen LogP contribution in [0.1, 0.15) is 341 Å². The van der Waals surface area contributed by atoms with Crippen LogP contribution in [0.5, 0.6) is 0 Å². The number of carbonyl (C=O) groups is 2. The van der Waals surface area contributed by atoms with Crippen molar-refractivity contribution in [1.82, 2.24) is 5.32 Å². The first-order chi connectivity index (χ1) is 35.0. The van der Waals surface area contributed by atoms with Gasteiger partial charge >= 0.3 is 5.97 Å². The zero-order valence-corrected chi connectivity index (χ0v) is 47.7. The van der Waals surface area contributed by atoms with Crippen LogP contribution in [0.4, 0.5) is 0 Å². The highest BCUT2D eigenvalue weighted by atomic mass is 16.5. The van der Waals surface area contributed by atoms with E-state index in [4.69, 9.17) is 4.74 Å². The minimum Gasteiger partial charge on any atom is -0.466 e. The van der Waals surface area contributed by atoms with Crippen LogP contribution in [0, 0.1) is 0 Å². The van der Waals surface area contributed by atoms with Crippen molar-refractivity contribution in [2.24, 2.45) is 0 Å². The summed E-state index contributed by atoms with van der Waals surface area (Å²) in [6, 6.07) is -0.543. The van der Waals surface area contributed by atoms with Crippen LogP contribution in [0.25, 0.3) is 0 Å². The van der Waals surface area contributed by atoms with Crippen molar-refractivity contribution in [3.63, 3.8) is 0 Å². The molecule has 6 nitrogen and oxygen atoms in total. The van der Waals surface area contributed by atoms with Gasteiger partial charge in [0.25, 0.3) is 0 Å². The number of ether oxygens (including phenoxy) is 1. The van der Waals surface area contributed by atoms with Crippen molar-refractivity contribution < 1.29 is 24.5 Å². The number of aliphatic hydroxyl groups is 2. The second kappa shape index (κ2) is 60.6. The first-order valence-corrected chi connectivity index (χ1v) is 31.7. The summed E-state index contributed by atoms with van der Waals surface area (Å²) in [7, 11) is 0. The molecule has 0 spiro atoms. The first-order valence-electron chi connectivity index (χ1n) is 31.7. The molecule has 0 aromatic carbocycles. The molecule has 3 N–H and O–H groups in total. The Bertz CT molecular complexity index is 1150. The molecule has 0 saturated carbocycles. The van der Waals surface area contributed by atoms with Gasteiger partial charge in [-0.25, -0.2) is 0 Å². The Balaban J connectivity index is 3.39. The maximum atomic E-state index is 12.5. The molecule has 0 aliphatic rings. The highest BCUT2D eigenvalue weighted by Gasteiger charge is 2.20. The normalized spacial score (nSPS) is 12.8. The smallest absolute Gasteiger partial charge is 0.305 e. The van der Waals surface area contributed by atoms with Gasteiger partial charge in [-0.05, 0) is 77.0 Å². The van der Waals surface area contributed by atoms with Crippen LogP contribution >= 0.6 is 0 Å². The van der Waals surface area contributed by atoms with Crippen molar-refractivity contribution in [3.8, 4) is 0 Å². The largest absolute Gasteiger partial charge is 0.466 e. The van der Waals surface area contributed by atoms with Gasteiger partial charge in [-0.2, -0.15) is 0 Å². The number of esters is 1. The van der Waals surface area contributed by atoms with Crippen LogP contribution < -0.4 is 5.32 Å². The summed E-state index contributed by atoms with van der Waals surface area (Å²) in [5, 5.41) is 23.3. The summed E-state index contributed by atoms with van der Waals surface area (Å²) in [5.74, 6) is -0.0360. The van der Waals surface area contributed by atoms with Crippen LogP contribution in [-0.2, 0) is 14.3 Å². The van der Waals surface area contributed by atoms with Crippen LogP contribution in [0.15, 0.2) is 36.5 Å².